The molecule has 32 heavy (non-hydrogen) atoms. The van der Waals surface area contributed by atoms with Crippen LogP contribution in [0.1, 0.15) is 16.1 Å². The minimum atomic E-state index is -5.04. The van der Waals surface area contributed by atoms with E-state index in [0.717, 1.165) is 19.2 Å². The molecule has 3 aromatic rings. The Bertz CT molecular complexity index is 1200. The first-order chi connectivity index (χ1) is 15.2. The Morgan fingerprint density at radius 3 is 2.53 bits per heavy atom. The molecule has 1 heterocycles. The normalized spacial score (nSPS) is 12.2. The van der Waals surface area contributed by atoms with E-state index in [0.29, 0.717) is 6.21 Å². The first-order valence-corrected chi connectivity index (χ1v) is 9.23. The van der Waals surface area contributed by atoms with Gasteiger partial charge >= 0.3 is 12.1 Å². The smallest absolute Gasteiger partial charge is 0.432 e. The number of aromatic nitrogens is 1. The Hall–Kier alpha value is -3.66. The summed E-state index contributed by atoms with van der Waals surface area (Å²) in [5.41, 5.74) is -2.97. The van der Waals surface area contributed by atoms with E-state index >= 15 is 0 Å². The third-order valence-electron chi connectivity index (χ3n) is 4.25. The van der Waals surface area contributed by atoms with Crippen LogP contribution in [-0.4, -0.2) is 30.6 Å². The molecule has 3 rings (SSSR count). The maximum Gasteiger partial charge on any atom is 0.432 e. The molecule has 6 nitrogen and oxygen atoms in total. The lowest BCUT2D eigenvalue weighted by molar-refractivity contribution is -0.0896. The van der Waals surface area contributed by atoms with Crippen molar-refractivity contribution in [3.63, 3.8) is 0 Å². The molecule has 0 radical (unpaired) electrons. The Kier molecular flexibility index (Phi) is 6.64. The number of carbonyl (C=O) groups is 1. The number of ether oxygens (including phenoxy) is 1. The van der Waals surface area contributed by atoms with E-state index in [2.05, 4.69) is 10.5 Å². The van der Waals surface area contributed by atoms with Crippen molar-refractivity contribution < 1.29 is 31.6 Å². The fourth-order valence-corrected chi connectivity index (χ4v) is 3.08. The highest BCUT2D eigenvalue weighted by Gasteiger charge is 2.40. The van der Waals surface area contributed by atoms with E-state index in [1.54, 1.807) is 12.1 Å². The van der Waals surface area contributed by atoms with Crippen LogP contribution in [0.15, 0.2) is 58.8 Å². The second-order valence-corrected chi connectivity index (χ2v) is 6.68. The van der Waals surface area contributed by atoms with Crippen molar-refractivity contribution in [1.82, 2.24) is 5.16 Å². The molecule has 0 aliphatic rings. The van der Waals surface area contributed by atoms with Crippen LogP contribution < -0.4 is 5.32 Å². The van der Waals surface area contributed by atoms with Crippen LogP contribution in [0, 0.1) is 11.2 Å². The Labute approximate surface area is 183 Å². The molecule has 11 heteroatoms. The summed E-state index contributed by atoms with van der Waals surface area (Å²) in [6.07, 6.45) is -4.69. The molecule has 2 N–H and O–H groups in total. The summed E-state index contributed by atoms with van der Waals surface area (Å²) in [6.45, 7) is 0. The number of esters is 1. The number of anilines is 1. The maximum atomic E-state index is 13.9. The number of halogens is 5. The zero-order valence-electron chi connectivity index (χ0n) is 16.3. The third-order valence-corrected chi connectivity index (χ3v) is 4.58. The maximum absolute atomic E-state index is 13.9. The number of nitrogens with zero attached hydrogens (tertiary/aromatic N) is 1. The van der Waals surface area contributed by atoms with Crippen molar-refractivity contribution in [2.24, 2.45) is 0 Å². The molecule has 0 spiro atoms. The van der Waals surface area contributed by atoms with Crippen molar-refractivity contribution in [2.45, 2.75) is 6.18 Å². The summed E-state index contributed by atoms with van der Waals surface area (Å²) < 4.78 is 65.0. The van der Waals surface area contributed by atoms with Crippen LogP contribution in [0.25, 0.3) is 16.8 Å². The van der Waals surface area contributed by atoms with Gasteiger partial charge in [-0.25, -0.2) is 9.18 Å². The van der Waals surface area contributed by atoms with Gasteiger partial charge in [-0.05, 0) is 24.3 Å². The third kappa shape index (κ3) is 4.65. The largest absolute Gasteiger partial charge is 0.465 e. The predicted molar refractivity (Wildman–Crippen MR) is 110 cm³/mol. The number of rotatable bonds is 6. The number of allylic oxidation sites excluding steroid dienone is 2. The molecule has 0 saturated heterocycles. The van der Waals surface area contributed by atoms with Crippen molar-refractivity contribution in [1.29, 1.82) is 5.41 Å². The lowest BCUT2D eigenvalue weighted by Crippen LogP contribution is -2.22. The molecule has 0 amide bonds. The topological polar surface area (TPSA) is 88.2 Å². The number of alkyl halides is 3. The van der Waals surface area contributed by atoms with Crippen LogP contribution in [0.5, 0.6) is 0 Å². The van der Waals surface area contributed by atoms with E-state index in [9.17, 15) is 22.4 Å². The van der Waals surface area contributed by atoms with Crippen LogP contribution in [0.3, 0.4) is 0 Å². The van der Waals surface area contributed by atoms with Gasteiger partial charge in [0.2, 0.25) is 0 Å². The monoisotopic (exact) mass is 467 g/mol. The number of hydrogen-bond donors (Lipinski definition) is 2. The van der Waals surface area contributed by atoms with Gasteiger partial charge in [0.1, 0.15) is 22.8 Å². The van der Waals surface area contributed by atoms with E-state index in [-0.39, 0.29) is 22.0 Å². The molecule has 0 unspecified atom stereocenters. The Balaban J connectivity index is 2.28. The zero-order valence-corrected chi connectivity index (χ0v) is 17.0. The van der Waals surface area contributed by atoms with Gasteiger partial charge in [-0.15, -0.1) is 0 Å². The van der Waals surface area contributed by atoms with Gasteiger partial charge in [0.25, 0.3) is 0 Å². The summed E-state index contributed by atoms with van der Waals surface area (Å²) in [7, 11) is 1.03. The summed E-state index contributed by atoms with van der Waals surface area (Å²) in [5.74, 6) is -2.50. The quantitative estimate of drug-likeness (QED) is 0.265. The molecule has 166 valence electrons. The average molecular weight is 468 g/mol. The molecule has 0 saturated carbocycles. The lowest BCUT2D eigenvalue weighted by atomic mass is 10.0. The summed E-state index contributed by atoms with van der Waals surface area (Å²) in [6, 6.07) is 10.5. The molecular formula is C21H14ClF4N3O3. The first kappa shape index (κ1) is 23.0. The molecule has 2 aromatic carbocycles. The van der Waals surface area contributed by atoms with Gasteiger partial charge in [0, 0.05) is 17.5 Å². The summed E-state index contributed by atoms with van der Waals surface area (Å²) in [4.78, 5) is 12.5. The van der Waals surface area contributed by atoms with Gasteiger partial charge in [0.05, 0.1) is 17.7 Å². The van der Waals surface area contributed by atoms with E-state index < -0.39 is 40.6 Å². The van der Waals surface area contributed by atoms with E-state index in [4.69, 9.17) is 26.3 Å². The molecule has 0 fully saturated rings. The first-order valence-electron chi connectivity index (χ1n) is 8.85. The van der Waals surface area contributed by atoms with Gasteiger partial charge in [-0.3, -0.25) is 0 Å². The van der Waals surface area contributed by atoms with E-state index in [1.807, 2.05) is 0 Å². The second kappa shape index (κ2) is 9.23. The number of hydrogen-bond acceptors (Lipinski definition) is 6. The second-order valence-electron chi connectivity index (χ2n) is 6.27. The van der Waals surface area contributed by atoms with E-state index in [1.165, 1.54) is 24.3 Å². The standard InChI is InChI=1S/C21H14ClF4N3O3/c1-31-20(30)16-17(13-7-2-3-8-15(13)22)29-32-18(16)14(10-27)19(21(24,25)26)28-12-6-4-5-11(23)9-12/h2-10,27-28H,1H3/b19-14+,27-10?. The van der Waals surface area contributed by atoms with Gasteiger partial charge in [0.15, 0.2) is 5.76 Å². The van der Waals surface area contributed by atoms with Crippen LogP contribution >= 0.6 is 11.6 Å². The highest BCUT2D eigenvalue weighted by Crippen LogP contribution is 2.38. The molecule has 0 aliphatic carbocycles. The average Bonchev–Trinajstić information content (AvgIpc) is 3.17. The van der Waals surface area contributed by atoms with Crippen molar-refractivity contribution in [2.75, 3.05) is 12.4 Å². The van der Waals surface area contributed by atoms with Crippen molar-refractivity contribution in [3.8, 4) is 11.3 Å². The highest BCUT2D eigenvalue weighted by atomic mass is 35.5. The van der Waals surface area contributed by atoms with Crippen molar-refractivity contribution >= 4 is 35.0 Å². The number of benzene rings is 2. The summed E-state index contributed by atoms with van der Waals surface area (Å²) in [5, 5.41) is 13.5. The van der Waals surface area contributed by atoms with Crippen LogP contribution in [-0.2, 0) is 4.74 Å². The van der Waals surface area contributed by atoms with Gasteiger partial charge < -0.3 is 20.0 Å². The fourth-order valence-electron chi connectivity index (χ4n) is 2.86. The van der Waals surface area contributed by atoms with Gasteiger partial charge in [-0.1, -0.05) is 41.0 Å². The number of nitrogens with one attached hydrogen (secondary N) is 2. The molecular weight excluding hydrogens is 454 g/mol. The Morgan fingerprint density at radius 2 is 1.94 bits per heavy atom. The lowest BCUT2D eigenvalue weighted by Gasteiger charge is -2.17. The molecule has 1 aromatic heterocycles. The molecule has 0 aliphatic heterocycles. The predicted octanol–water partition coefficient (Wildman–Crippen LogP) is 5.96. The highest BCUT2D eigenvalue weighted by molar-refractivity contribution is 6.33. The molecule has 0 atom stereocenters. The zero-order chi connectivity index (χ0) is 23.5. The van der Waals surface area contributed by atoms with Crippen molar-refractivity contribution in [3.05, 3.63) is 76.4 Å². The van der Waals surface area contributed by atoms with Crippen LogP contribution in [0.2, 0.25) is 5.02 Å². The number of carbonyl (C=O) groups excluding carboxylic acids is 1. The SMILES string of the molecule is COC(=O)c1c(-c2ccccc2Cl)noc1/C(C=N)=C(/Nc1cccc(F)c1)C(F)(F)F. The van der Waals surface area contributed by atoms with Crippen LogP contribution in [0.4, 0.5) is 23.2 Å². The fraction of sp³-hybridized carbons (Fsp3) is 0.0952. The summed E-state index contributed by atoms with van der Waals surface area (Å²) >= 11 is 6.14. The van der Waals surface area contributed by atoms with Gasteiger partial charge in [-0.2, -0.15) is 13.2 Å². The Morgan fingerprint density at radius 1 is 1.22 bits per heavy atom. The minimum absolute atomic E-state index is 0.159. The number of methoxy groups -OCH3 is 1. The minimum Gasteiger partial charge on any atom is -0.465 e. The molecule has 0 bridgehead atoms.